The quantitative estimate of drug-likeness (QED) is 0.513. The normalized spacial score (nSPS) is 10.1. The van der Waals surface area contributed by atoms with Gasteiger partial charge in [0, 0.05) is 16.1 Å². The molecule has 0 bridgehead atoms. The van der Waals surface area contributed by atoms with E-state index in [4.69, 9.17) is 11.6 Å². The molecular formula is C17H17ClN4O3S. The van der Waals surface area contributed by atoms with E-state index in [0.29, 0.717) is 5.02 Å². The average molecular weight is 393 g/mol. The lowest BCUT2D eigenvalue weighted by atomic mass is 10.2. The van der Waals surface area contributed by atoms with Gasteiger partial charge in [0.2, 0.25) is 5.91 Å². The van der Waals surface area contributed by atoms with Gasteiger partial charge in [-0.1, -0.05) is 29.3 Å². The maximum absolute atomic E-state index is 11.8. The molecule has 7 nitrogen and oxygen atoms in total. The van der Waals surface area contributed by atoms with Crippen LogP contribution in [0.15, 0.2) is 47.5 Å². The van der Waals surface area contributed by atoms with Crippen LogP contribution in [0, 0.1) is 6.92 Å². The van der Waals surface area contributed by atoms with Gasteiger partial charge in [0.1, 0.15) is 5.69 Å². The molecule has 0 fully saturated rings. The lowest BCUT2D eigenvalue weighted by Gasteiger charge is -2.08. The van der Waals surface area contributed by atoms with E-state index >= 15 is 0 Å². The molecule has 3 N–H and O–H groups in total. The van der Waals surface area contributed by atoms with Gasteiger partial charge in [0.15, 0.2) is 0 Å². The highest BCUT2D eigenvalue weighted by Gasteiger charge is 2.10. The number of hydrogen-bond acceptors (Lipinski definition) is 5. The van der Waals surface area contributed by atoms with E-state index < -0.39 is 11.8 Å². The Kier molecular flexibility index (Phi) is 7.43. The number of hydrazine groups is 1. The Bertz CT molecular complexity index is 799. The Hall–Kier alpha value is -2.58. The summed E-state index contributed by atoms with van der Waals surface area (Å²) in [5, 5.41) is 2.75. The van der Waals surface area contributed by atoms with E-state index in [1.54, 1.807) is 0 Å². The van der Waals surface area contributed by atoms with Crippen LogP contribution < -0.4 is 16.2 Å². The molecule has 0 unspecified atom stereocenters. The standard InChI is InChI=1S/C17H17ClN4O3S/c1-11-2-4-13(5-3-11)26-10-16(24)22-21-15(23)9-20-17(25)14-8-12(18)6-7-19-14/h2-8H,9-10H2,1H3,(H,20,25)(H,21,23)(H,22,24). The van der Waals surface area contributed by atoms with Crippen molar-refractivity contribution in [1.82, 2.24) is 21.2 Å². The summed E-state index contributed by atoms with van der Waals surface area (Å²) >= 11 is 7.12. The van der Waals surface area contributed by atoms with Crippen molar-refractivity contribution >= 4 is 41.1 Å². The Labute approximate surface area is 159 Å². The highest BCUT2D eigenvalue weighted by atomic mass is 35.5. The Morgan fingerprint density at radius 3 is 2.46 bits per heavy atom. The molecule has 136 valence electrons. The van der Waals surface area contributed by atoms with E-state index in [9.17, 15) is 14.4 Å². The number of pyridine rings is 1. The molecule has 0 spiro atoms. The summed E-state index contributed by atoms with van der Waals surface area (Å²) in [5.74, 6) is -1.30. The Morgan fingerprint density at radius 2 is 1.77 bits per heavy atom. The smallest absolute Gasteiger partial charge is 0.270 e. The molecule has 9 heteroatoms. The third-order valence-corrected chi connectivity index (χ3v) is 4.34. The molecule has 26 heavy (non-hydrogen) atoms. The zero-order chi connectivity index (χ0) is 18.9. The first-order chi connectivity index (χ1) is 12.4. The first kappa shape index (κ1) is 19.7. The van der Waals surface area contributed by atoms with Crippen LogP contribution in [0.25, 0.3) is 0 Å². The summed E-state index contributed by atoms with van der Waals surface area (Å²) < 4.78 is 0. The van der Waals surface area contributed by atoms with Crippen LogP contribution in [0.3, 0.4) is 0 Å². The van der Waals surface area contributed by atoms with Gasteiger partial charge in [-0.3, -0.25) is 30.2 Å². The Morgan fingerprint density at radius 1 is 1.08 bits per heavy atom. The molecule has 0 aliphatic heterocycles. The predicted octanol–water partition coefficient (Wildman–Crippen LogP) is 1.71. The molecule has 0 aliphatic rings. The number of rotatable bonds is 6. The fraction of sp³-hybridized carbons (Fsp3) is 0.176. The number of nitrogens with one attached hydrogen (secondary N) is 3. The van der Waals surface area contributed by atoms with E-state index in [1.807, 2.05) is 31.2 Å². The molecule has 0 atom stereocenters. The lowest BCUT2D eigenvalue weighted by molar-refractivity contribution is -0.127. The van der Waals surface area contributed by atoms with Gasteiger partial charge >= 0.3 is 0 Å². The third-order valence-electron chi connectivity index (χ3n) is 3.10. The van der Waals surface area contributed by atoms with Crippen molar-refractivity contribution in [3.05, 3.63) is 58.9 Å². The largest absolute Gasteiger partial charge is 0.342 e. The van der Waals surface area contributed by atoms with Gasteiger partial charge in [-0.15, -0.1) is 11.8 Å². The number of hydrogen-bond donors (Lipinski definition) is 3. The van der Waals surface area contributed by atoms with Crippen LogP contribution in [0.1, 0.15) is 16.1 Å². The third kappa shape index (κ3) is 6.73. The summed E-state index contributed by atoms with van der Waals surface area (Å²) in [4.78, 5) is 40.0. The summed E-state index contributed by atoms with van der Waals surface area (Å²) in [6, 6.07) is 10.7. The van der Waals surface area contributed by atoms with Crippen molar-refractivity contribution in [2.24, 2.45) is 0 Å². The number of aromatic nitrogens is 1. The van der Waals surface area contributed by atoms with Crippen molar-refractivity contribution < 1.29 is 14.4 Å². The number of thioether (sulfide) groups is 1. The predicted molar refractivity (Wildman–Crippen MR) is 99.8 cm³/mol. The zero-order valence-corrected chi connectivity index (χ0v) is 15.5. The summed E-state index contributed by atoms with van der Waals surface area (Å²) in [6.07, 6.45) is 1.39. The van der Waals surface area contributed by atoms with Gasteiger partial charge in [-0.2, -0.15) is 0 Å². The minimum absolute atomic E-state index is 0.101. The first-order valence-electron chi connectivity index (χ1n) is 7.61. The monoisotopic (exact) mass is 392 g/mol. The van der Waals surface area contributed by atoms with E-state index in [-0.39, 0.29) is 23.9 Å². The number of amides is 3. The van der Waals surface area contributed by atoms with Gasteiger partial charge in [0.05, 0.1) is 12.3 Å². The number of halogens is 1. The van der Waals surface area contributed by atoms with Crippen molar-refractivity contribution in [3.63, 3.8) is 0 Å². The van der Waals surface area contributed by atoms with Crippen LogP contribution in [-0.2, 0) is 9.59 Å². The van der Waals surface area contributed by atoms with Crippen LogP contribution in [0.5, 0.6) is 0 Å². The second kappa shape index (κ2) is 9.79. The molecule has 1 heterocycles. The van der Waals surface area contributed by atoms with E-state index in [2.05, 4.69) is 21.2 Å². The highest BCUT2D eigenvalue weighted by Crippen LogP contribution is 2.17. The minimum Gasteiger partial charge on any atom is -0.342 e. The number of carbonyl (C=O) groups excluding carboxylic acids is 3. The molecule has 0 saturated heterocycles. The van der Waals surface area contributed by atoms with E-state index in [1.165, 1.54) is 30.1 Å². The van der Waals surface area contributed by atoms with Crippen LogP contribution in [0.4, 0.5) is 0 Å². The summed E-state index contributed by atoms with van der Waals surface area (Å²) in [6.45, 7) is 1.68. The average Bonchev–Trinajstić information content (AvgIpc) is 2.64. The molecule has 1 aromatic heterocycles. The molecule has 2 rings (SSSR count). The number of benzene rings is 1. The topological polar surface area (TPSA) is 100 Å². The van der Waals surface area contributed by atoms with Gasteiger partial charge < -0.3 is 5.32 Å². The number of carbonyl (C=O) groups is 3. The summed E-state index contributed by atoms with van der Waals surface area (Å²) in [5.41, 5.74) is 5.76. The van der Waals surface area contributed by atoms with Crippen LogP contribution >= 0.6 is 23.4 Å². The van der Waals surface area contributed by atoms with Crippen molar-refractivity contribution in [2.45, 2.75) is 11.8 Å². The van der Waals surface area contributed by atoms with Gasteiger partial charge in [-0.25, -0.2) is 0 Å². The summed E-state index contributed by atoms with van der Waals surface area (Å²) in [7, 11) is 0. The molecule has 0 saturated carbocycles. The van der Waals surface area contributed by atoms with E-state index in [0.717, 1.165) is 10.5 Å². The minimum atomic E-state index is -0.561. The maximum Gasteiger partial charge on any atom is 0.270 e. The second-order valence-electron chi connectivity index (χ2n) is 5.24. The zero-order valence-electron chi connectivity index (χ0n) is 13.9. The molecule has 0 aliphatic carbocycles. The molecule has 3 amide bonds. The fourth-order valence-corrected chi connectivity index (χ4v) is 2.64. The second-order valence-corrected chi connectivity index (χ2v) is 6.73. The number of aryl methyl sites for hydroxylation is 1. The van der Waals surface area contributed by atoms with Gasteiger partial charge in [-0.05, 0) is 31.2 Å². The number of nitrogens with zero attached hydrogens (tertiary/aromatic N) is 1. The Balaban J connectivity index is 1.67. The van der Waals surface area contributed by atoms with Crippen molar-refractivity contribution in [3.8, 4) is 0 Å². The fourth-order valence-electron chi connectivity index (χ4n) is 1.78. The molecule has 1 aromatic carbocycles. The molecule has 2 aromatic rings. The molecule has 0 radical (unpaired) electrons. The van der Waals surface area contributed by atoms with Crippen LogP contribution in [-0.4, -0.2) is 35.0 Å². The highest BCUT2D eigenvalue weighted by molar-refractivity contribution is 8.00. The van der Waals surface area contributed by atoms with Crippen molar-refractivity contribution in [1.29, 1.82) is 0 Å². The van der Waals surface area contributed by atoms with Crippen molar-refractivity contribution in [2.75, 3.05) is 12.3 Å². The SMILES string of the molecule is Cc1ccc(SCC(=O)NNC(=O)CNC(=O)c2cc(Cl)ccn2)cc1. The maximum atomic E-state index is 11.8. The lowest BCUT2D eigenvalue weighted by Crippen LogP contribution is -2.47. The van der Waals surface area contributed by atoms with Gasteiger partial charge in [0.25, 0.3) is 11.8 Å². The molecular weight excluding hydrogens is 376 g/mol. The first-order valence-corrected chi connectivity index (χ1v) is 8.97. The van der Waals surface area contributed by atoms with Crippen LogP contribution in [0.2, 0.25) is 5.02 Å².